The van der Waals surface area contributed by atoms with Crippen LogP contribution in [0.25, 0.3) is 0 Å². The van der Waals surface area contributed by atoms with E-state index in [1.54, 1.807) is 12.1 Å². The van der Waals surface area contributed by atoms with E-state index in [1.165, 1.54) is 6.07 Å². The topological polar surface area (TPSA) is 58.2 Å². The van der Waals surface area contributed by atoms with Crippen LogP contribution in [0.2, 0.25) is 0 Å². The molecule has 0 radical (unpaired) electrons. The van der Waals surface area contributed by atoms with E-state index in [1.807, 2.05) is 30.3 Å². The van der Waals surface area contributed by atoms with E-state index >= 15 is 0 Å². The van der Waals surface area contributed by atoms with Crippen LogP contribution >= 0.6 is 0 Å². The molecule has 2 aliphatic rings. The van der Waals surface area contributed by atoms with Gasteiger partial charge in [-0.15, -0.1) is 0 Å². The standard InChI is InChI=1S/C21H21FN2O2/c22-15-5-3-4-13(10-15)14-8-9-16(11-14)23-20(25)12-18-17-6-1-2-7-19(17)24-21(18)26/h1-7,10,14,16,18H,8-9,11-12H2,(H,23,25)(H,24,26). The Morgan fingerprint density at radius 2 is 2.00 bits per heavy atom. The van der Waals surface area contributed by atoms with Crippen LogP contribution in [-0.2, 0) is 9.59 Å². The average Bonchev–Trinajstić information content (AvgIpc) is 3.20. The number of carbonyl (C=O) groups is 2. The van der Waals surface area contributed by atoms with Gasteiger partial charge in [0.25, 0.3) is 0 Å². The first-order chi connectivity index (χ1) is 12.6. The van der Waals surface area contributed by atoms with Gasteiger partial charge in [0.2, 0.25) is 11.8 Å². The second-order valence-corrected chi connectivity index (χ2v) is 7.16. The summed E-state index contributed by atoms with van der Waals surface area (Å²) in [5, 5.41) is 5.88. The molecule has 2 aromatic rings. The van der Waals surface area contributed by atoms with Crippen LogP contribution < -0.4 is 10.6 Å². The van der Waals surface area contributed by atoms with Gasteiger partial charge < -0.3 is 10.6 Å². The van der Waals surface area contributed by atoms with E-state index < -0.39 is 5.92 Å². The zero-order chi connectivity index (χ0) is 18.1. The van der Waals surface area contributed by atoms with Crippen LogP contribution in [0.5, 0.6) is 0 Å². The molecule has 1 aliphatic carbocycles. The molecule has 1 heterocycles. The van der Waals surface area contributed by atoms with Gasteiger partial charge in [-0.3, -0.25) is 9.59 Å². The molecule has 1 saturated carbocycles. The molecule has 0 spiro atoms. The lowest BCUT2D eigenvalue weighted by atomic mass is 9.96. The maximum Gasteiger partial charge on any atom is 0.232 e. The molecule has 4 nitrogen and oxygen atoms in total. The Morgan fingerprint density at radius 3 is 2.85 bits per heavy atom. The minimum atomic E-state index is -0.424. The van der Waals surface area contributed by atoms with E-state index in [4.69, 9.17) is 0 Å². The van der Waals surface area contributed by atoms with Crippen molar-refractivity contribution in [3.05, 3.63) is 65.5 Å². The van der Waals surface area contributed by atoms with Crippen molar-refractivity contribution in [3.8, 4) is 0 Å². The molecule has 1 aliphatic heterocycles. The third-order valence-corrected chi connectivity index (χ3v) is 5.42. The highest BCUT2D eigenvalue weighted by Crippen LogP contribution is 2.36. The minimum Gasteiger partial charge on any atom is -0.353 e. The lowest BCUT2D eigenvalue weighted by Crippen LogP contribution is -2.34. The zero-order valence-corrected chi connectivity index (χ0v) is 14.4. The van der Waals surface area contributed by atoms with Crippen LogP contribution in [0.15, 0.2) is 48.5 Å². The summed E-state index contributed by atoms with van der Waals surface area (Å²) < 4.78 is 13.4. The van der Waals surface area contributed by atoms with Crippen LogP contribution in [0.3, 0.4) is 0 Å². The molecule has 0 saturated heterocycles. The fraction of sp³-hybridized carbons (Fsp3) is 0.333. The van der Waals surface area contributed by atoms with E-state index in [-0.39, 0.29) is 36.0 Å². The number of benzene rings is 2. The van der Waals surface area contributed by atoms with E-state index in [2.05, 4.69) is 10.6 Å². The van der Waals surface area contributed by atoms with Gasteiger partial charge in [-0.25, -0.2) is 4.39 Å². The molecule has 3 unspecified atom stereocenters. The zero-order valence-electron chi connectivity index (χ0n) is 14.4. The Labute approximate surface area is 151 Å². The van der Waals surface area contributed by atoms with Crippen molar-refractivity contribution in [2.75, 3.05) is 5.32 Å². The number of fused-ring (bicyclic) bond motifs is 1. The van der Waals surface area contributed by atoms with Gasteiger partial charge in [-0.2, -0.15) is 0 Å². The minimum absolute atomic E-state index is 0.0791. The van der Waals surface area contributed by atoms with E-state index in [0.717, 1.165) is 36.1 Å². The number of halogens is 1. The summed E-state index contributed by atoms with van der Waals surface area (Å²) in [5.74, 6) is -0.601. The Morgan fingerprint density at radius 1 is 1.15 bits per heavy atom. The van der Waals surface area contributed by atoms with E-state index in [9.17, 15) is 14.0 Å². The van der Waals surface area contributed by atoms with Gasteiger partial charge in [0.1, 0.15) is 5.82 Å². The number of hydrogen-bond acceptors (Lipinski definition) is 2. The number of amides is 2. The summed E-state index contributed by atoms with van der Waals surface area (Å²) in [6, 6.07) is 14.3. The third kappa shape index (κ3) is 3.34. The first kappa shape index (κ1) is 16.8. The first-order valence-electron chi connectivity index (χ1n) is 9.05. The van der Waals surface area contributed by atoms with Crippen molar-refractivity contribution < 1.29 is 14.0 Å². The van der Waals surface area contributed by atoms with Gasteiger partial charge >= 0.3 is 0 Å². The fourth-order valence-electron chi connectivity index (χ4n) is 4.13. The van der Waals surface area contributed by atoms with Crippen molar-refractivity contribution in [3.63, 3.8) is 0 Å². The lowest BCUT2D eigenvalue weighted by molar-refractivity contribution is -0.125. The second kappa shape index (κ2) is 6.90. The van der Waals surface area contributed by atoms with E-state index in [0.29, 0.717) is 0 Å². The number of hydrogen-bond donors (Lipinski definition) is 2. The summed E-state index contributed by atoms with van der Waals surface area (Å²) >= 11 is 0. The Hall–Kier alpha value is -2.69. The SMILES string of the molecule is O=C(CC1C(=O)Nc2ccccc21)NC1CCC(c2cccc(F)c2)C1. The maximum atomic E-state index is 13.4. The molecular formula is C21H21FN2O2. The van der Waals surface area contributed by atoms with Crippen LogP contribution in [0.4, 0.5) is 10.1 Å². The number of para-hydroxylation sites is 1. The quantitative estimate of drug-likeness (QED) is 0.881. The molecule has 2 N–H and O–H groups in total. The molecule has 26 heavy (non-hydrogen) atoms. The molecule has 5 heteroatoms. The Bertz CT molecular complexity index is 851. The molecule has 134 valence electrons. The van der Waals surface area contributed by atoms with Crippen molar-refractivity contribution in [1.82, 2.24) is 5.32 Å². The summed E-state index contributed by atoms with van der Waals surface area (Å²) in [6.45, 7) is 0. The predicted molar refractivity (Wildman–Crippen MR) is 97.4 cm³/mol. The Balaban J connectivity index is 1.35. The molecule has 2 aromatic carbocycles. The summed E-state index contributed by atoms with van der Waals surface area (Å²) in [7, 11) is 0. The third-order valence-electron chi connectivity index (χ3n) is 5.42. The predicted octanol–water partition coefficient (Wildman–Crippen LogP) is 3.70. The van der Waals surface area contributed by atoms with Crippen molar-refractivity contribution in [1.29, 1.82) is 0 Å². The van der Waals surface area contributed by atoms with Gasteiger partial charge in [0, 0.05) is 18.2 Å². The average molecular weight is 352 g/mol. The van der Waals surface area contributed by atoms with Crippen LogP contribution in [-0.4, -0.2) is 17.9 Å². The number of carbonyl (C=O) groups excluding carboxylic acids is 2. The fourth-order valence-corrected chi connectivity index (χ4v) is 4.13. The molecule has 3 atom stereocenters. The molecule has 4 rings (SSSR count). The molecule has 2 amide bonds. The lowest BCUT2D eigenvalue weighted by Gasteiger charge is -2.15. The largest absolute Gasteiger partial charge is 0.353 e. The van der Waals surface area contributed by atoms with Crippen molar-refractivity contribution in [2.24, 2.45) is 0 Å². The highest BCUT2D eigenvalue weighted by Gasteiger charge is 2.33. The first-order valence-corrected chi connectivity index (χ1v) is 9.05. The van der Waals surface area contributed by atoms with Gasteiger partial charge in [0.15, 0.2) is 0 Å². The number of nitrogens with one attached hydrogen (secondary N) is 2. The van der Waals surface area contributed by atoms with Crippen molar-refractivity contribution in [2.45, 2.75) is 43.6 Å². The highest BCUT2D eigenvalue weighted by molar-refractivity contribution is 6.04. The second-order valence-electron chi connectivity index (χ2n) is 7.16. The molecular weight excluding hydrogens is 331 g/mol. The maximum absolute atomic E-state index is 13.4. The normalized spacial score (nSPS) is 24.2. The van der Waals surface area contributed by atoms with Crippen LogP contribution in [0.1, 0.15) is 48.6 Å². The Kier molecular flexibility index (Phi) is 4.45. The molecule has 1 fully saturated rings. The smallest absolute Gasteiger partial charge is 0.232 e. The number of rotatable bonds is 4. The number of anilines is 1. The van der Waals surface area contributed by atoms with Gasteiger partial charge in [-0.05, 0) is 54.5 Å². The molecule has 0 aromatic heterocycles. The molecule has 0 bridgehead atoms. The van der Waals surface area contributed by atoms with Crippen molar-refractivity contribution >= 4 is 17.5 Å². The van der Waals surface area contributed by atoms with Gasteiger partial charge in [-0.1, -0.05) is 30.3 Å². The van der Waals surface area contributed by atoms with Gasteiger partial charge in [0.05, 0.1) is 5.92 Å². The summed E-state index contributed by atoms with van der Waals surface area (Å²) in [6.07, 6.45) is 2.77. The summed E-state index contributed by atoms with van der Waals surface area (Å²) in [4.78, 5) is 24.6. The summed E-state index contributed by atoms with van der Waals surface area (Å²) in [5.41, 5.74) is 2.67. The monoisotopic (exact) mass is 352 g/mol. The van der Waals surface area contributed by atoms with Crippen LogP contribution in [0, 0.1) is 5.82 Å². The highest BCUT2D eigenvalue weighted by atomic mass is 19.1.